The molecule has 2 rings (SSSR count). The number of nitrogens with one attached hydrogen (secondary N) is 1. The van der Waals surface area contributed by atoms with Crippen molar-refractivity contribution in [2.24, 2.45) is 5.73 Å². The summed E-state index contributed by atoms with van der Waals surface area (Å²) >= 11 is 11.1. The van der Waals surface area contributed by atoms with Crippen LogP contribution in [-0.2, 0) is 0 Å². The van der Waals surface area contributed by atoms with Crippen molar-refractivity contribution in [3.8, 4) is 0 Å². The number of thiocarbonyl (C=S) groups is 1. The molecule has 0 atom stereocenters. The van der Waals surface area contributed by atoms with Crippen LogP contribution in [0.1, 0.15) is 16.7 Å². The summed E-state index contributed by atoms with van der Waals surface area (Å²) in [6.45, 7) is 4.12. The molecule has 0 unspecified atom stereocenters. The Labute approximate surface area is 123 Å². The van der Waals surface area contributed by atoms with Crippen molar-refractivity contribution in [1.29, 1.82) is 0 Å². The van der Waals surface area contributed by atoms with E-state index in [1.54, 1.807) is 6.07 Å². The van der Waals surface area contributed by atoms with Crippen LogP contribution in [-0.4, -0.2) is 4.99 Å². The van der Waals surface area contributed by atoms with Crippen LogP contribution in [0, 0.1) is 13.8 Å². The van der Waals surface area contributed by atoms with E-state index >= 15 is 0 Å². The van der Waals surface area contributed by atoms with Crippen LogP contribution in [0.25, 0.3) is 0 Å². The van der Waals surface area contributed by atoms with Gasteiger partial charge in [-0.2, -0.15) is 0 Å². The predicted octanol–water partition coefficient (Wildman–Crippen LogP) is 4.33. The first-order valence-corrected chi connectivity index (χ1v) is 6.69. The summed E-state index contributed by atoms with van der Waals surface area (Å²) in [6.07, 6.45) is 0. The van der Waals surface area contributed by atoms with Gasteiger partial charge in [0.2, 0.25) is 0 Å². The molecule has 2 aromatic rings. The number of aryl methyl sites for hydroxylation is 2. The average Bonchev–Trinajstić information content (AvgIpc) is 2.26. The molecule has 19 heavy (non-hydrogen) atoms. The second kappa shape index (κ2) is 5.59. The maximum Gasteiger partial charge on any atom is 0.106 e. The number of nitrogens with two attached hydrogens (primary N) is 1. The highest BCUT2D eigenvalue weighted by atomic mass is 35.5. The lowest BCUT2D eigenvalue weighted by Crippen LogP contribution is -2.11. The fourth-order valence-corrected chi connectivity index (χ4v) is 2.39. The third kappa shape index (κ3) is 3.46. The van der Waals surface area contributed by atoms with Crippen molar-refractivity contribution in [2.45, 2.75) is 13.8 Å². The normalized spacial score (nSPS) is 10.3. The van der Waals surface area contributed by atoms with Crippen LogP contribution in [0.4, 0.5) is 11.4 Å². The zero-order valence-electron chi connectivity index (χ0n) is 10.8. The van der Waals surface area contributed by atoms with Crippen molar-refractivity contribution < 1.29 is 0 Å². The van der Waals surface area contributed by atoms with E-state index in [9.17, 15) is 0 Å². The molecule has 0 amide bonds. The van der Waals surface area contributed by atoms with Crippen LogP contribution >= 0.6 is 23.8 Å². The number of hydrogen-bond donors (Lipinski definition) is 2. The molecule has 0 saturated heterocycles. The molecule has 0 bridgehead atoms. The van der Waals surface area contributed by atoms with E-state index in [0.717, 1.165) is 16.9 Å². The first kappa shape index (κ1) is 13.8. The lowest BCUT2D eigenvalue weighted by atomic mass is 10.1. The zero-order chi connectivity index (χ0) is 14.0. The lowest BCUT2D eigenvalue weighted by molar-refractivity contribution is 1.37. The molecule has 0 aliphatic rings. The molecule has 0 aliphatic carbocycles. The highest BCUT2D eigenvalue weighted by Gasteiger charge is 2.07. The van der Waals surface area contributed by atoms with Gasteiger partial charge in [0.1, 0.15) is 4.99 Å². The molecule has 2 nitrogen and oxygen atoms in total. The standard InChI is InChI=1S/C15H15ClN2S/c1-9-5-10(2)7-12(6-9)18-14-8-11(16)3-4-13(14)15(17)19/h3-8,18H,1-2H3,(H2,17,19). The van der Waals surface area contributed by atoms with Crippen LogP contribution in [0.3, 0.4) is 0 Å². The van der Waals surface area contributed by atoms with Gasteiger partial charge in [-0.15, -0.1) is 0 Å². The summed E-state index contributed by atoms with van der Waals surface area (Å²) in [5.41, 5.74) is 10.7. The summed E-state index contributed by atoms with van der Waals surface area (Å²) < 4.78 is 0. The van der Waals surface area contributed by atoms with Gasteiger partial charge in [0.15, 0.2) is 0 Å². The van der Waals surface area contributed by atoms with Crippen molar-refractivity contribution in [1.82, 2.24) is 0 Å². The smallest absolute Gasteiger partial charge is 0.106 e. The Bertz CT molecular complexity index is 618. The topological polar surface area (TPSA) is 38.0 Å². The largest absolute Gasteiger partial charge is 0.389 e. The number of rotatable bonds is 3. The highest BCUT2D eigenvalue weighted by molar-refractivity contribution is 7.80. The first-order chi connectivity index (χ1) is 8.95. The van der Waals surface area contributed by atoms with Crippen LogP contribution in [0.2, 0.25) is 5.02 Å². The highest BCUT2D eigenvalue weighted by Crippen LogP contribution is 2.26. The first-order valence-electron chi connectivity index (χ1n) is 5.90. The van der Waals surface area contributed by atoms with E-state index in [-0.39, 0.29) is 0 Å². The molecule has 4 heteroatoms. The third-order valence-electron chi connectivity index (χ3n) is 2.75. The van der Waals surface area contributed by atoms with E-state index in [1.807, 2.05) is 12.1 Å². The number of hydrogen-bond acceptors (Lipinski definition) is 2. The van der Waals surface area contributed by atoms with Crippen molar-refractivity contribution >= 4 is 40.2 Å². The molecule has 0 fully saturated rings. The third-order valence-corrected chi connectivity index (χ3v) is 3.20. The van der Waals surface area contributed by atoms with Gasteiger partial charge in [0.25, 0.3) is 0 Å². The summed E-state index contributed by atoms with van der Waals surface area (Å²) in [5.74, 6) is 0. The second-order valence-corrected chi connectivity index (χ2v) is 5.43. The quantitative estimate of drug-likeness (QED) is 0.826. The molecular weight excluding hydrogens is 276 g/mol. The number of halogens is 1. The molecular formula is C15H15ClN2S. The molecule has 3 N–H and O–H groups in total. The monoisotopic (exact) mass is 290 g/mol. The minimum Gasteiger partial charge on any atom is -0.389 e. The Hall–Kier alpha value is -1.58. The maximum atomic E-state index is 6.03. The van der Waals surface area contributed by atoms with Crippen LogP contribution in [0.15, 0.2) is 36.4 Å². The molecule has 0 aliphatic heterocycles. The minimum atomic E-state index is 0.351. The van der Waals surface area contributed by atoms with E-state index in [4.69, 9.17) is 29.6 Å². The Morgan fingerprint density at radius 2 is 1.74 bits per heavy atom. The van der Waals surface area contributed by atoms with Gasteiger partial charge in [0.05, 0.1) is 5.69 Å². The fraction of sp³-hybridized carbons (Fsp3) is 0.133. The van der Waals surface area contributed by atoms with Gasteiger partial charge in [-0.1, -0.05) is 29.9 Å². The summed E-state index contributed by atoms with van der Waals surface area (Å²) in [4.78, 5) is 0.351. The average molecular weight is 291 g/mol. The Morgan fingerprint density at radius 1 is 1.11 bits per heavy atom. The summed E-state index contributed by atoms with van der Waals surface area (Å²) in [6, 6.07) is 11.7. The van der Waals surface area contributed by atoms with Gasteiger partial charge in [-0.05, 0) is 55.3 Å². The Kier molecular flexibility index (Phi) is 4.08. The zero-order valence-corrected chi connectivity index (χ0v) is 12.4. The number of benzene rings is 2. The van der Waals surface area contributed by atoms with Gasteiger partial charge in [-0.25, -0.2) is 0 Å². The molecule has 98 valence electrons. The predicted molar refractivity (Wildman–Crippen MR) is 86.5 cm³/mol. The van der Waals surface area contributed by atoms with Gasteiger partial charge < -0.3 is 11.1 Å². The molecule has 0 heterocycles. The molecule has 0 aromatic heterocycles. The minimum absolute atomic E-state index is 0.351. The van der Waals surface area contributed by atoms with Gasteiger partial charge >= 0.3 is 0 Å². The molecule has 2 aromatic carbocycles. The van der Waals surface area contributed by atoms with Crippen LogP contribution < -0.4 is 11.1 Å². The lowest BCUT2D eigenvalue weighted by Gasteiger charge is -2.13. The van der Waals surface area contributed by atoms with Crippen molar-refractivity contribution in [3.05, 3.63) is 58.1 Å². The fourth-order valence-electron chi connectivity index (χ4n) is 2.04. The SMILES string of the molecule is Cc1cc(C)cc(Nc2cc(Cl)ccc2C(N)=S)c1. The van der Waals surface area contributed by atoms with Gasteiger partial charge in [-0.3, -0.25) is 0 Å². The Balaban J connectivity index is 2.42. The maximum absolute atomic E-state index is 6.03. The van der Waals surface area contributed by atoms with Gasteiger partial charge in [0, 0.05) is 16.3 Å². The summed E-state index contributed by atoms with van der Waals surface area (Å²) in [7, 11) is 0. The van der Waals surface area contributed by atoms with Crippen molar-refractivity contribution in [2.75, 3.05) is 5.32 Å². The van der Waals surface area contributed by atoms with Crippen molar-refractivity contribution in [3.63, 3.8) is 0 Å². The number of anilines is 2. The Morgan fingerprint density at radius 3 is 2.32 bits per heavy atom. The second-order valence-electron chi connectivity index (χ2n) is 4.56. The molecule has 0 spiro atoms. The summed E-state index contributed by atoms with van der Waals surface area (Å²) in [5, 5.41) is 3.97. The molecule has 0 radical (unpaired) electrons. The van der Waals surface area contributed by atoms with Crippen LogP contribution in [0.5, 0.6) is 0 Å². The molecule has 0 saturated carbocycles. The van der Waals surface area contributed by atoms with E-state index in [1.165, 1.54) is 11.1 Å². The van der Waals surface area contributed by atoms with E-state index in [0.29, 0.717) is 10.0 Å². The van der Waals surface area contributed by atoms with E-state index < -0.39 is 0 Å². The van der Waals surface area contributed by atoms with E-state index in [2.05, 4.69) is 37.4 Å².